The molecule has 0 N–H and O–H groups in total. The maximum atomic E-state index is 13.3. The average Bonchev–Trinajstić information content (AvgIpc) is 3.49. The van der Waals surface area contributed by atoms with E-state index in [0.29, 0.717) is 13.1 Å². The number of aromatic nitrogens is 3. The van der Waals surface area contributed by atoms with Crippen LogP contribution in [0.4, 0.5) is 21.0 Å². The highest BCUT2D eigenvalue weighted by molar-refractivity contribution is 7.72. The van der Waals surface area contributed by atoms with E-state index in [4.69, 9.17) is 9.97 Å². The van der Waals surface area contributed by atoms with Gasteiger partial charge in [0.1, 0.15) is 17.3 Å². The van der Waals surface area contributed by atoms with Crippen molar-refractivity contribution < 1.29 is 12.8 Å². The van der Waals surface area contributed by atoms with Gasteiger partial charge >= 0.3 is 0 Å². The molecule has 0 saturated carbocycles. The second-order valence-electron chi connectivity index (χ2n) is 8.51. The van der Waals surface area contributed by atoms with E-state index in [1.807, 2.05) is 23.4 Å². The first-order valence-electron chi connectivity index (χ1n) is 11.5. The third-order valence-corrected chi connectivity index (χ3v) is 7.82. The molecular formula is C24H27FN6O2S2. The fraction of sp³-hybridized carbons (Fsp3) is 0.333. The third-order valence-electron chi connectivity index (χ3n) is 6.27. The Kier molecular flexibility index (Phi) is 6.72. The summed E-state index contributed by atoms with van der Waals surface area (Å²) in [6.07, 6.45) is 2.88. The lowest BCUT2D eigenvalue weighted by Gasteiger charge is -2.35. The molecule has 0 amide bonds. The van der Waals surface area contributed by atoms with E-state index in [1.165, 1.54) is 23.5 Å². The highest BCUT2D eigenvalue weighted by Crippen LogP contribution is 2.34. The topological polar surface area (TPSA) is 74.1 Å². The van der Waals surface area contributed by atoms with Crippen LogP contribution < -0.4 is 9.80 Å². The summed E-state index contributed by atoms with van der Waals surface area (Å²) >= 11 is 1.53. The number of hydrogen-bond acceptors (Lipinski definition) is 8. The van der Waals surface area contributed by atoms with Crippen LogP contribution in [0.5, 0.6) is 0 Å². The van der Waals surface area contributed by atoms with Crippen molar-refractivity contribution in [2.24, 2.45) is 0 Å². The molecule has 1 aliphatic rings. The van der Waals surface area contributed by atoms with Gasteiger partial charge in [-0.2, -0.15) is 0 Å². The molecule has 0 radical (unpaired) electrons. The zero-order chi connectivity index (χ0) is 24.5. The van der Waals surface area contributed by atoms with Crippen LogP contribution in [0.25, 0.3) is 16.9 Å². The first-order chi connectivity index (χ1) is 16.9. The fourth-order valence-electron chi connectivity index (χ4n) is 4.42. The molecule has 8 nitrogen and oxygen atoms in total. The minimum atomic E-state index is -2.40. The summed E-state index contributed by atoms with van der Waals surface area (Å²) < 4.78 is 37.5. The number of imidazole rings is 1. The van der Waals surface area contributed by atoms with Gasteiger partial charge in [-0.25, -0.2) is 22.8 Å². The number of thiazole rings is 1. The van der Waals surface area contributed by atoms with Crippen molar-refractivity contribution in [2.75, 3.05) is 48.9 Å². The van der Waals surface area contributed by atoms with Crippen molar-refractivity contribution in [3.63, 3.8) is 0 Å². The van der Waals surface area contributed by atoms with E-state index in [1.54, 1.807) is 12.1 Å². The lowest BCUT2D eigenvalue weighted by molar-refractivity contribution is 0.296. The summed E-state index contributed by atoms with van der Waals surface area (Å²) in [6.45, 7) is 5.05. The SMILES string of the molecule is CCc1nc2ccc(N3CCN(C[SH](=O)=O)CC3)cn2c1N(C)c1nc(-c2ccc(F)cc2)cs1. The predicted octanol–water partition coefficient (Wildman–Crippen LogP) is 3.62. The van der Waals surface area contributed by atoms with E-state index in [9.17, 15) is 12.8 Å². The second kappa shape index (κ2) is 9.92. The smallest absolute Gasteiger partial charge is 0.191 e. The second-order valence-corrected chi connectivity index (χ2v) is 10.3. The van der Waals surface area contributed by atoms with E-state index >= 15 is 0 Å². The van der Waals surface area contributed by atoms with Crippen molar-refractivity contribution in [3.8, 4) is 11.3 Å². The number of pyridine rings is 1. The monoisotopic (exact) mass is 514 g/mol. The molecule has 1 aliphatic heterocycles. The van der Waals surface area contributed by atoms with Gasteiger partial charge in [0.15, 0.2) is 15.8 Å². The summed E-state index contributed by atoms with van der Waals surface area (Å²) in [4.78, 5) is 16.0. The predicted molar refractivity (Wildman–Crippen MR) is 139 cm³/mol. The number of thiol groups is 1. The number of nitrogens with zero attached hydrogens (tertiary/aromatic N) is 6. The number of anilines is 3. The molecule has 3 aromatic heterocycles. The molecule has 184 valence electrons. The van der Waals surface area contributed by atoms with Crippen LogP contribution in [0.15, 0.2) is 48.0 Å². The Morgan fingerprint density at radius 1 is 1.06 bits per heavy atom. The quantitative estimate of drug-likeness (QED) is 0.378. The van der Waals surface area contributed by atoms with Crippen molar-refractivity contribution in [3.05, 3.63) is 59.5 Å². The number of aryl methyl sites for hydroxylation is 1. The molecule has 35 heavy (non-hydrogen) atoms. The minimum absolute atomic E-state index is 0.117. The van der Waals surface area contributed by atoms with Crippen LogP contribution in [-0.2, 0) is 17.1 Å². The molecule has 0 atom stereocenters. The molecule has 0 aliphatic carbocycles. The van der Waals surface area contributed by atoms with Gasteiger partial charge in [0.25, 0.3) is 0 Å². The Hall–Kier alpha value is -3.02. The normalized spacial score (nSPS) is 14.8. The highest BCUT2D eigenvalue weighted by Gasteiger charge is 2.22. The summed E-state index contributed by atoms with van der Waals surface area (Å²) in [5, 5.41) is 2.81. The molecule has 0 unspecified atom stereocenters. The largest absolute Gasteiger partial charge is 0.368 e. The highest BCUT2D eigenvalue weighted by atomic mass is 32.2. The number of halogens is 1. The van der Waals surface area contributed by atoms with Gasteiger partial charge < -0.3 is 9.80 Å². The molecule has 0 spiro atoms. The molecule has 1 aromatic carbocycles. The minimum Gasteiger partial charge on any atom is -0.368 e. The Labute approximate surface area is 209 Å². The van der Waals surface area contributed by atoms with Gasteiger partial charge in [-0.1, -0.05) is 6.92 Å². The van der Waals surface area contributed by atoms with Crippen LogP contribution in [0.3, 0.4) is 0 Å². The van der Waals surface area contributed by atoms with Crippen LogP contribution >= 0.6 is 11.3 Å². The number of benzene rings is 1. The van der Waals surface area contributed by atoms with Crippen LogP contribution in [0, 0.1) is 5.82 Å². The Bertz CT molecular complexity index is 1400. The van der Waals surface area contributed by atoms with E-state index < -0.39 is 10.7 Å². The molecule has 5 rings (SSSR count). The zero-order valence-corrected chi connectivity index (χ0v) is 21.3. The Balaban J connectivity index is 1.44. The van der Waals surface area contributed by atoms with Crippen LogP contribution in [-0.4, -0.2) is 66.8 Å². The summed E-state index contributed by atoms with van der Waals surface area (Å²) in [6, 6.07) is 10.5. The van der Waals surface area contributed by atoms with Gasteiger partial charge in [-0.15, -0.1) is 11.3 Å². The number of hydrogen-bond donors (Lipinski definition) is 1. The van der Waals surface area contributed by atoms with Gasteiger partial charge in [0, 0.05) is 50.4 Å². The molecule has 1 saturated heterocycles. The standard InChI is InChI=1S/C24H27FN6O2S2/c1-3-20-23(28(2)24-27-21(15-34-24)17-4-6-18(25)7-5-17)31-14-19(8-9-22(31)26-20)30-12-10-29(11-13-30)16-35(32)33/h4-9,14-15,35H,3,10-13,16H2,1-2H3. The summed E-state index contributed by atoms with van der Waals surface area (Å²) in [5.74, 6) is 0.816. The number of piperazine rings is 1. The van der Waals surface area contributed by atoms with Gasteiger partial charge in [-0.05, 0) is 42.8 Å². The molecule has 0 bridgehead atoms. The summed E-state index contributed by atoms with van der Waals surface area (Å²) in [7, 11) is -0.404. The number of fused-ring (bicyclic) bond motifs is 1. The molecule has 4 aromatic rings. The average molecular weight is 515 g/mol. The molecule has 11 heteroatoms. The maximum absolute atomic E-state index is 13.3. The van der Waals surface area contributed by atoms with Crippen molar-refractivity contribution in [1.82, 2.24) is 19.3 Å². The zero-order valence-electron chi connectivity index (χ0n) is 19.6. The maximum Gasteiger partial charge on any atom is 0.191 e. The fourth-order valence-corrected chi connectivity index (χ4v) is 5.83. The molecule has 4 heterocycles. The van der Waals surface area contributed by atoms with Gasteiger partial charge in [0.05, 0.1) is 23.0 Å². The molecular weight excluding hydrogens is 487 g/mol. The van der Waals surface area contributed by atoms with Crippen molar-refractivity contribution >= 4 is 44.3 Å². The molecule has 1 fully saturated rings. The van der Waals surface area contributed by atoms with Crippen molar-refractivity contribution in [1.29, 1.82) is 0 Å². The lowest BCUT2D eigenvalue weighted by Crippen LogP contribution is -2.46. The van der Waals surface area contributed by atoms with Gasteiger partial charge in [-0.3, -0.25) is 9.30 Å². The third kappa shape index (κ3) is 4.89. The van der Waals surface area contributed by atoms with E-state index in [-0.39, 0.29) is 11.7 Å². The number of rotatable bonds is 7. The Morgan fingerprint density at radius 2 is 1.80 bits per heavy atom. The van der Waals surface area contributed by atoms with E-state index in [2.05, 4.69) is 33.4 Å². The summed E-state index contributed by atoms with van der Waals surface area (Å²) in [5.41, 5.74) is 4.60. The van der Waals surface area contributed by atoms with Crippen LogP contribution in [0.2, 0.25) is 0 Å². The van der Waals surface area contributed by atoms with E-state index in [0.717, 1.165) is 58.7 Å². The Morgan fingerprint density at radius 3 is 2.49 bits per heavy atom. The van der Waals surface area contributed by atoms with Gasteiger partial charge in [0.2, 0.25) is 0 Å². The van der Waals surface area contributed by atoms with Crippen LogP contribution in [0.1, 0.15) is 12.6 Å². The van der Waals surface area contributed by atoms with Crippen molar-refractivity contribution in [2.45, 2.75) is 13.3 Å². The first kappa shape index (κ1) is 23.7. The lowest BCUT2D eigenvalue weighted by atomic mass is 10.2. The first-order valence-corrected chi connectivity index (χ1v) is 13.7.